The van der Waals surface area contributed by atoms with Gasteiger partial charge in [0.25, 0.3) is 0 Å². The molecule has 0 radical (unpaired) electrons. The Kier molecular flexibility index (Phi) is 5.74. The molecule has 2 aromatic carbocycles. The molecule has 0 spiro atoms. The highest BCUT2D eigenvalue weighted by atomic mass is 79.9. The highest BCUT2D eigenvalue weighted by Gasteiger charge is 2.15. The topological polar surface area (TPSA) is 21.3 Å². The largest absolute Gasteiger partial charge is 0.496 e. The van der Waals surface area contributed by atoms with E-state index in [9.17, 15) is 0 Å². The van der Waals surface area contributed by atoms with Gasteiger partial charge in [0.15, 0.2) is 0 Å². The van der Waals surface area contributed by atoms with E-state index in [0.29, 0.717) is 0 Å². The van der Waals surface area contributed by atoms with E-state index >= 15 is 0 Å². The average Bonchev–Trinajstić information content (AvgIpc) is 2.42. The molecule has 2 rings (SSSR count). The number of ether oxygens (including phenoxy) is 1. The monoisotopic (exact) mass is 475 g/mol. The second-order valence-corrected chi connectivity index (χ2v) is 7.48. The van der Waals surface area contributed by atoms with Crippen LogP contribution in [0.2, 0.25) is 0 Å². The van der Waals surface area contributed by atoms with E-state index < -0.39 is 0 Å². The number of benzene rings is 2. The number of methoxy groups -OCH3 is 1. The first-order chi connectivity index (χ1) is 9.92. The summed E-state index contributed by atoms with van der Waals surface area (Å²) in [7, 11) is 1.70. The van der Waals surface area contributed by atoms with Gasteiger partial charge < -0.3 is 10.1 Å². The zero-order valence-electron chi connectivity index (χ0n) is 12.0. The van der Waals surface area contributed by atoms with E-state index in [1.54, 1.807) is 7.11 Å². The lowest BCUT2D eigenvalue weighted by Crippen LogP contribution is -2.09. The third-order valence-electron chi connectivity index (χ3n) is 3.22. The number of anilines is 1. The second kappa shape index (κ2) is 7.16. The van der Waals surface area contributed by atoms with E-state index in [0.717, 1.165) is 30.4 Å². The van der Waals surface area contributed by atoms with Gasteiger partial charge in [-0.2, -0.15) is 0 Å². The predicted octanol–water partition coefficient (Wildman–Crippen LogP) is 6.46. The zero-order chi connectivity index (χ0) is 15.6. The smallest absolute Gasteiger partial charge is 0.124 e. The number of nitrogens with one attached hydrogen (secondary N) is 1. The van der Waals surface area contributed by atoms with Crippen LogP contribution in [0.3, 0.4) is 0 Å². The van der Waals surface area contributed by atoms with Crippen LogP contribution in [0.25, 0.3) is 0 Å². The SMILES string of the molecule is COc1ccc(C)cc1C(C)Nc1c(Br)cc(Br)cc1Br. The van der Waals surface area contributed by atoms with Crippen LogP contribution in [0.15, 0.2) is 43.7 Å². The average molecular weight is 478 g/mol. The fraction of sp³-hybridized carbons (Fsp3) is 0.250. The fourth-order valence-electron chi connectivity index (χ4n) is 2.17. The molecule has 5 heteroatoms. The molecule has 2 aromatic rings. The van der Waals surface area contributed by atoms with Crippen molar-refractivity contribution in [1.29, 1.82) is 0 Å². The molecular weight excluding hydrogens is 462 g/mol. The van der Waals surface area contributed by atoms with Gasteiger partial charge in [-0.05, 0) is 63.9 Å². The van der Waals surface area contributed by atoms with E-state index in [4.69, 9.17) is 4.74 Å². The molecular formula is C16H16Br3NO. The van der Waals surface area contributed by atoms with E-state index in [1.165, 1.54) is 5.56 Å². The van der Waals surface area contributed by atoms with Crippen molar-refractivity contribution in [2.45, 2.75) is 19.9 Å². The van der Waals surface area contributed by atoms with Crippen molar-refractivity contribution in [1.82, 2.24) is 0 Å². The first-order valence-electron chi connectivity index (χ1n) is 6.48. The number of hydrogen-bond donors (Lipinski definition) is 1. The molecule has 0 aliphatic rings. The minimum absolute atomic E-state index is 0.119. The van der Waals surface area contributed by atoms with Gasteiger partial charge in [-0.1, -0.05) is 33.6 Å². The lowest BCUT2D eigenvalue weighted by atomic mass is 10.0. The summed E-state index contributed by atoms with van der Waals surface area (Å²) >= 11 is 10.7. The van der Waals surface area contributed by atoms with Crippen LogP contribution in [0, 0.1) is 6.92 Å². The number of hydrogen-bond acceptors (Lipinski definition) is 2. The first kappa shape index (κ1) is 16.8. The van der Waals surface area contributed by atoms with Gasteiger partial charge in [0, 0.05) is 19.0 Å². The predicted molar refractivity (Wildman–Crippen MR) is 99.3 cm³/mol. The molecule has 0 saturated heterocycles. The van der Waals surface area contributed by atoms with Gasteiger partial charge in [-0.15, -0.1) is 0 Å². The summed E-state index contributed by atoms with van der Waals surface area (Å²) in [5.74, 6) is 0.893. The van der Waals surface area contributed by atoms with Crippen LogP contribution in [0.4, 0.5) is 5.69 Å². The van der Waals surface area contributed by atoms with Crippen LogP contribution in [-0.2, 0) is 0 Å². The Balaban J connectivity index is 2.34. The summed E-state index contributed by atoms with van der Waals surface area (Å²) in [6, 6.07) is 10.4. The molecule has 0 amide bonds. The molecule has 0 bridgehead atoms. The summed E-state index contributed by atoms with van der Waals surface area (Å²) in [5, 5.41) is 3.53. The molecule has 0 aromatic heterocycles. The van der Waals surface area contributed by atoms with Crippen molar-refractivity contribution in [3.05, 3.63) is 54.9 Å². The Bertz CT molecular complexity index is 635. The maximum Gasteiger partial charge on any atom is 0.124 e. The second-order valence-electron chi connectivity index (χ2n) is 4.86. The quantitative estimate of drug-likeness (QED) is 0.545. The number of aryl methyl sites for hydroxylation is 1. The van der Waals surface area contributed by atoms with Crippen LogP contribution in [-0.4, -0.2) is 7.11 Å². The highest BCUT2D eigenvalue weighted by Crippen LogP contribution is 2.37. The van der Waals surface area contributed by atoms with Crippen molar-refractivity contribution < 1.29 is 4.74 Å². The first-order valence-corrected chi connectivity index (χ1v) is 8.86. The van der Waals surface area contributed by atoms with Gasteiger partial charge in [0.1, 0.15) is 5.75 Å². The van der Waals surface area contributed by atoms with Crippen LogP contribution in [0.1, 0.15) is 24.1 Å². The van der Waals surface area contributed by atoms with E-state index in [-0.39, 0.29) is 6.04 Å². The Morgan fingerprint density at radius 1 is 1.05 bits per heavy atom. The van der Waals surface area contributed by atoms with Crippen LogP contribution >= 0.6 is 47.8 Å². The van der Waals surface area contributed by atoms with Crippen molar-refractivity contribution >= 4 is 53.5 Å². The summed E-state index contributed by atoms with van der Waals surface area (Å²) in [6.07, 6.45) is 0. The third kappa shape index (κ3) is 4.02. The fourth-order valence-corrected chi connectivity index (χ4v) is 4.65. The lowest BCUT2D eigenvalue weighted by molar-refractivity contribution is 0.408. The van der Waals surface area contributed by atoms with Gasteiger partial charge in [0.05, 0.1) is 18.8 Å². The molecule has 1 atom stereocenters. The van der Waals surface area contributed by atoms with Crippen molar-refractivity contribution in [2.24, 2.45) is 0 Å². The standard InChI is InChI=1S/C16H16Br3NO/c1-9-4-5-15(21-3)12(6-9)10(2)20-16-13(18)7-11(17)8-14(16)19/h4-8,10,20H,1-3H3. The highest BCUT2D eigenvalue weighted by molar-refractivity contribution is 9.11. The van der Waals surface area contributed by atoms with Gasteiger partial charge >= 0.3 is 0 Å². The van der Waals surface area contributed by atoms with Gasteiger partial charge in [0.2, 0.25) is 0 Å². The molecule has 0 saturated carbocycles. The molecule has 0 aliphatic heterocycles. The summed E-state index contributed by atoms with van der Waals surface area (Å²) in [6.45, 7) is 4.21. The van der Waals surface area contributed by atoms with Crippen molar-refractivity contribution in [3.63, 3.8) is 0 Å². The minimum atomic E-state index is 0.119. The Morgan fingerprint density at radius 2 is 1.67 bits per heavy atom. The molecule has 1 N–H and O–H groups in total. The Labute approximate surface area is 150 Å². The van der Waals surface area contributed by atoms with Crippen molar-refractivity contribution in [3.8, 4) is 5.75 Å². The normalized spacial score (nSPS) is 12.1. The molecule has 0 aliphatic carbocycles. The summed E-state index contributed by atoms with van der Waals surface area (Å²) in [5.41, 5.74) is 3.38. The maximum absolute atomic E-state index is 5.47. The molecule has 0 fully saturated rings. The van der Waals surface area contributed by atoms with Crippen molar-refractivity contribution in [2.75, 3.05) is 12.4 Å². The Morgan fingerprint density at radius 3 is 2.24 bits per heavy atom. The van der Waals surface area contributed by atoms with Crippen LogP contribution < -0.4 is 10.1 Å². The molecule has 21 heavy (non-hydrogen) atoms. The minimum Gasteiger partial charge on any atom is -0.496 e. The summed E-state index contributed by atoms with van der Waals surface area (Å²) in [4.78, 5) is 0. The van der Waals surface area contributed by atoms with Gasteiger partial charge in [-0.25, -0.2) is 0 Å². The molecule has 1 unspecified atom stereocenters. The summed E-state index contributed by atoms with van der Waals surface area (Å²) < 4.78 is 8.49. The van der Waals surface area contributed by atoms with Crippen LogP contribution in [0.5, 0.6) is 5.75 Å². The van der Waals surface area contributed by atoms with Gasteiger partial charge in [-0.3, -0.25) is 0 Å². The maximum atomic E-state index is 5.47. The van der Waals surface area contributed by atoms with E-state index in [2.05, 4.69) is 79.1 Å². The zero-order valence-corrected chi connectivity index (χ0v) is 16.8. The third-order valence-corrected chi connectivity index (χ3v) is 4.93. The molecule has 2 nitrogen and oxygen atoms in total. The Hall–Kier alpha value is -0.520. The number of rotatable bonds is 4. The number of halogens is 3. The molecule has 0 heterocycles. The lowest BCUT2D eigenvalue weighted by Gasteiger charge is -2.21. The van der Waals surface area contributed by atoms with E-state index in [1.807, 2.05) is 18.2 Å². The molecule has 112 valence electrons.